The van der Waals surface area contributed by atoms with E-state index in [-0.39, 0.29) is 35.8 Å². The maximum atomic E-state index is 12.5. The molecular weight excluding hydrogens is 444 g/mol. The van der Waals surface area contributed by atoms with E-state index in [0.717, 1.165) is 0 Å². The van der Waals surface area contributed by atoms with Crippen LogP contribution in [0.3, 0.4) is 0 Å². The normalized spacial score (nSPS) is 20.5. The molecule has 0 aliphatic carbocycles. The van der Waals surface area contributed by atoms with Gasteiger partial charge in [0.2, 0.25) is 21.8 Å². The Morgan fingerprint density at radius 1 is 1.26 bits per heavy atom. The number of hydrogen-bond acceptors (Lipinski definition) is 7. The van der Waals surface area contributed by atoms with Gasteiger partial charge in [0, 0.05) is 31.4 Å². The number of hydrogen-bond donors (Lipinski definition) is 2. The second-order valence-electron chi connectivity index (χ2n) is 7.82. The average Bonchev–Trinajstić information content (AvgIpc) is 3.28. The lowest BCUT2D eigenvalue weighted by Crippen LogP contribution is -2.61. The van der Waals surface area contributed by atoms with Crippen molar-refractivity contribution in [3.63, 3.8) is 0 Å². The van der Waals surface area contributed by atoms with Crippen LogP contribution in [0.4, 0.5) is 0 Å². The highest BCUT2D eigenvalue weighted by atomic mass is 32.2. The van der Waals surface area contributed by atoms with Crippen molar-refractivity contribution in [3.8, 4) is 0 Å². The number of ketones is 1. The molecule has 0 radical (unpaired) electrons. The first-order valence-electron chi connectivity index (χ1n) is 9.99. The summed E-state index contributed by atoms with van der Waals surface area (Å²) in [6.45, 7) is 5.49. The van der Waals surface area contributed by atoms with Crippen molar-refractivity contribution in [2.45, 2.75) is 45.3 Å². The molecule has 2 aliphatic rings. The zero-order chi connectivity index (χ0) is 22.9. The van der Waals surface area contributed by atoms with Crippen LogP contribution >= 0.6 is 11.3 Å². The molecular formula is C19H26N4O6S2. The second kappa shape index (κ2) is 9.05. The number of likely N-dealkylation sites (tertiary alicyclic amines) is 2. The summed E-state index contributed by atoms with van der Waals surface area (Å²) >= 11 is 1.23. The minimum atomic E-state index is -3.51. The first-order chi connectivity index (χ1) is 14.5. The smallest absolute Gasteiger partial charge is 0.254 e. The largest absolute Gasteiger partial charge is 0.350 e. The SMILES string of the molecule is CCS(=O)(=O)NC(C)C(=O)NC1CC(=O)N(C2CN(C(=O)c3csc(C(C)=O)c3)C2)C1. The fourth-order valence-corrected chi connectivity index (χ4v) is 5.14. The summed E-state index contributed by atoms with van der Waals surface area (Å²) in [6.07, 6.45) is 0.135. The van der Waals surface area contributed by atoms with Gasteiger partial charge in [0.1, 0.15) is 0 Å². The van der Waals surface area contributed by atoms with Crippen molar-refractivity contribution in [2.24, 2.45) is 0 Å². The lowest BCUT2D eigenvalue weighted by atomic mass is 10.1. The number of nitrogens with one attached hydrogen (secondary N) is 2. The number of sulfonamides is 1. The standard InChI is InChI=1S/C19H26N4O6S2/c1-4-31(28,29)21-11(2)18(26)20-14-6-17(25)23(7-14)15-8-22(9-15)19(27)13-5-16(12(3)24)30-10-13/h5,10-11,14-15,21H,4,6-9H2,1-3H3,(H,20,26). The van der Waals surface area contributed by atoms with E-state index in [2.05, 4.69) is 10.0 Å². The van der Waals surface area contributed by atoms with Crippen LogP contribution in [0.1, 0.15) is 47.2 Å². The third kappa shape index (κ3) is 5.31. The van der Waals surface area contributed by atoms with Gasteiger partial charge in [-0.1, -0.05) is 0 Å². The minimum absolute atomic E-state index is 0.0851. The van der Waals surface area contributed by atoms with Crippen LogP contribution in [0, 0.1) is 0 Å². The molecule has 12 heteroatoms. The quantitative estimate of drug-likeness (QED) is 0.507. The van der Waals surface area contributed by atoms with E-state index in [1.165, 1.54) is 32.1 Å². The third-order valence-electron chi connectivity index (χ3n) is 5.42. The molecule has 0 bridgehead atoms. The van der Waals surface area contributed by atoms with Gasteiger partial charge in [0.25, 0.3) is 5.91 Å². The van der Waals surface area contributed by atoms with Crippen LogP contribution in [0.15, 0.2) is 11.4 Å². The molecule has 2 saturated heterocycles. The second-order valence-corrected chi connectivity index (χ2v) is 10.8. The summed E-state index contributed by atoms with van der Waals surface area (Å²) in [5.74, 6) is -0.982. The molecule has 3 rings (SSSR count). The summed E-state index contributed by atoms with van der Waals surface area (Å²) in [6, 6.07) is 0.119. The first kappa shape index (κ1) is 23.4. The monoisotopic (exact) mass is 470 g/mol. The lowest BCUT2D eigenvalue weighted by Gasteiger charge is -2.44. The molecule has 31 heavy (non-hydrogen) atoms. The van der Waals surface area contributed by atoms with Gasteiger partial charge in [-0.05, 0) is 26.8 Å². The van der Waals surface area contributed by atoms with Crippen LogP contribution in [0.2, 0.25) is 0 Å². The minimum Gasteiger partial charge on any atom is -0.350 e. The van der Waals surface area contributed by atoms with E-state index in [0.29, 0.717) is 30.1 Å². The van der Waals surface area contributed by atoms with Crippen molar-refractivity contribution >= 4 is 44.9 Å². The summed E-state index contributed by atoms with van der Waals surface area (Å²) in [5.41, 5.74) is 0.468. The number of thiophene rings is 1. The zero-order valence-electron chi connectivity index (χ0n) is 17.6. The lowest BCUT2D eigenvalue weighted by molar-refractivity contribution is -0.132. The Morgan fingerprint density at radius 2 is 1.94 bits per heavy atom. The Labute approximate surface area is 185 Å². The van der Waals surface area contributed by atoms with Gasteiger partial charge in [-0.3, -0.25) is 19.2 Å². The highest BCUT2D eigenvalue weighted by molar-refractivity contribution is 7.89. The van der Waals surface area contributed by atoms with E-state index in [1.54, 1.807) is 21.2 Å². The molecule has 2 unspecified atom stereocenters. The number of Topliss-reactive ketones (excluding diaryl/α,β-unsaturated/α-hetero) is 1. The number of carbonyl (C=O) groups is 4. The number of rotatable bonds is 8. The Balaban J connectivity index is 1.49. The molecule has 3 heterocycles. The molecule has 2 aliphatic heterocycles. The molecule has 170 valence electrons. The van der Waals surface area contributed by atoms with Crippen molar-refractivity contribution in [1.82, 2.24) is 19.8 Å². The van der Waals surface area contributed by atoms with Crippen LogP contribution in [0.25, 0.3) is 0 Å². The van der Waals surface area contributed by atoms with E-state index < -0.39 is 28.0 Å². The molecule has 2 atom stereocenters. The van der Waals surface area contributed by atoms with Crippen LogP contribution in [0.5, 0.6) is 0 Å². The number of amides is 3. The molecule has 1 aromatic rings. The zero-order valence-corrected chi connectivity index (χ0v) is 19.2. The molecule has 0 aromatic carbocycles. The molecule has 3 amide bonds. The predicted molar refractivity (Wildman–Crippen MR) is 114 cm³/mol. The summed E-state index contributed by atoms with van der Waals surface area (Å²) in [5, 5.41) is 4.38. The van der Waals surface area contributed by atoms with Gasteiger partial charge in [0.15, 0.2) is 5.78 Å². The fourth-order valence-electron chi connectivity index (χ4n) is 3.55. The third-order valence-corrected chi connectivity index (χ3v) is 7.92. The van der Waals surface area contributed by atoms with Gasteiger partial charge in [0.05, 0.1) is 34.3 Å². The molecule has 2 N–H and O–H groups in total. The molecule has 2 fully saturated rings. The van der Waals surface area contributed by atoms with Crippen LogP contribution in [-0.4, -0.2) is 85.2 Å². The predicted octanol–water partition coefficient (Wildman–Crippen LogP) is -0.180. The van der Waals surface area contributed by atoms with E-state index in [9.17, 15) is 27.6 Å². The van der Waals surface area contributed by atoms with E-state index in [1.807, 2.05) is 0 Å². The van der Waals surface area contributed by atoms with Gasteiger partial charge >= 0.3 is 0 Å². The van der Waals surface area contributed by atoms with E-state index in [4.69, 9.17) is 0 Å². The summed E-state index contributed by atoms with van der Waals surface area (Å²) in [4.78, 5) is 52.4. The van der Waals surface area contributed by atoms with Crippen molar-refractivity contribution in [3.05, 3.63) is 21.9 Å². The van der Waals surface area contributed by atoms with Crippen molar-refractivity contribution < 1.29 is 27.6 Å². The first-order valence-corrected chi connectivity index (χ1v) is 12.5. The Kier molecular flexibility index (Phi) is 6.82. The van der Waals surface area contributed by atoms with Gasteiger partial charge in [-0.15, -0.1) is 11.3 Å². The maximum Gasteiger partial charge on any atom is 0.254 e. The van der Waals surface area contributed by atoms with Gasteiger partial charge in [-0.2, -0.15) is 0 Å². The Bertz CT molecular complexity index is 999. The van der Waals surface area contributed by atoms with Crippen LogP contribution < -0.4 is 10.0 Å². The molecule has 10 nitrogen and oxygen atoms in total. The van der Waals surface area contributed by atoms with E-state index >= 15 is 0 Å². The number of nitrogens with zero attached hydrogens (tertiary/aromatic N) is 2. The Hall–Kier alpha value is -2.31. The molecule has 1 aromatic heterocycles. The Morgan fingerprint density at radius 3 is 2.52 bits per heavy atom. The van der Waals surface area contributed by atoms with Gasteiger partial charge < -0.3 is 15.1 Å². The highest BCUT2D eigenvalue weighted by Gasteiger charge is 2.42. The molecule has 0 saturated carbocycles. The topological polar surface area (TPSA) is 133 Å². The fraction of sp³-hybridized carbons (Fsp3) is 0.579. The summed E-state index contributed by atoms with van der Waals surface area (Å²) in [7, 11) is -3.51. The maximum absolute atomic E-state index is 12.5. The number of carbonyl (C=O) groups excluding carboxylic acids is 4. The van der Waals surface area contributed by atoms with Gasteiger partial charge in [-0.25, -0.2) is 13.1 Å². The van der Waals surface area contributed by atoms with Crippen molar-refractivity contribution in [2.75, 3.05) is 25.4 Å². The van der Waals surface area contributed by atoms with Crippen LogP contribution in [-0.2, 0) is 19.6 Å². The van der Waals surface area contributed by atoms with Crippen molar-refractivity contribution in [1.29, 1.82) is 0 Å². The summed E-state index contributed by atoms with van der Waals surface area (Å²) < 4.78 is 25.5. The molecule has 0 spiro atoms. The highest BCUT2D eigenvalue weighted by Crippen LogP contribution is 2.25. The average molecular weight is 471 g/mol.